The van der Waals surface area contributed by atoms with E-state index in [2.05, 4.69) is 44.4 Å². The SMILES string of the molecule is CNC1CCCC1Cc1cc(C)cc(C)c1. The third-order valence-electron chi connectivity index (χ3n) is 3.81. The molecule has 0 amide bonds. The van der Waals surface area contributed by atoms with E-state index in [4.69, 9.17) is 0 Å². The van der Waals surface area contributed by atoms with Crippen LogP contribution in [0.15, 0.2) is 18.2 Å². The van der Waals surface area contributed by atoms with Crippen molar-refractivity contribution in [3.63, 3.8) is 0 Å². The van der Waals surface area contributed by atoms with Crippen molar-refractivity contribution in [3.8, 4) is 0 Å². The van der Waals surface area contributed by atoms with E-state index in [9.17, 15) is 0 Å². The zero-order valence-electron chi connectivity index (χ0n) is 10.7. The van der Waals surface area contributed by atoms with Crippen LogP contribution >= 0.6 is 0 Å². The Labute approximate surface area is 99.3 Å². The molecule has 1 aromatic carbocycles. The third-order valence-corrected chi connectivity index (χ3v) is 3.81. The number of aryl methyl sites for hydroxylation is 2. The molecule has 0 heterocycles. The Kier molecular flexibility index (Phi) is 3.65. The second-order valence-electron chi connectivity index (χ2n) is 5.29. The maximum atomic E-state index is 3.46. The van der Waals surface area contributed by atoms with E-state index in [1.54, 1.807) is 0 Å². The Morgan fingerprint density at radius 3 is 2.44 bits per heavy atom. The number of benzene rings is 1. The van der Waals surface area contributed by atoms with Gasteiger partial charge in [0, 0.05) is 6.04 Å². The molecular weight excluding hydrogens is 194 g/mol. The molecule has 0 aromatic heterocycles. The summed E-state index contributed by atoms with van der Waals surface area (Å²) in [5, 5.41) is 3.46. The predicted octanol–water partition coefficient (Wildman–Crippen LogP) is 3.23. The molecular formula is C15H23N. The van der Waals surface area contributed by atoms with Gasteiger partial charge in [0.25, 0.3) is 0 Å². The topological polar surface area (TPSA) is 12.0 Å². The monoisotopic (exact) mass is 217 g/mol. The van der Waals surface area contributed by atoms with Crippen molar-refractivity contribution in [2.24, 2.45) is 5.92 Å². The first-order valence-electron chi connectivity index (χ1n) is 6.43. The fourth-order valence-corrected chi connectivity index (χ4v) is 3.15. The molecule has 2 unspecified atom stereocenters. The summed E-state index contributed by atoms with van der Waals surface area (Å²) < 4.78 is 0. The van der Waals surface area contributed by atoms with E-state index in [0.29, 0.717) is 0 Å². The lowest BCUT2D eigenvalue weighted by molar-refractivity contribution is 0.423. The molecule has 0 radical (unpaired) electrons. The van der Waals surface area contributed by atoms with Crippen LogP contribution in [-0.4, -0.2) is 13.1 Å². The van der Waals surface area contributed by atoms with Crippen LogP contribution in [0.4, 0.5) is 0 Å². The summed E-state index contributed by atoms with van der Waals surface area (Å²) in [7, 11) is 2.10. The van der Waals surface area contributed by atoms with Gasteiger partial charge in [-0.1, -0.05) is 35.7 Å². The molecule has 0 bridgehead atoms. The van der Waals surface area contributed by atoms with Crippen molar-refractivity contribution in [1.82, 2.24) is 5.32 Å². The molecule has 1 aliphatic carbocycles. The molecule has 0 aliphatic heterocycles. The zero-order valence-corrected chi connectivity index (χ0v) is 10.7. The van der Waals surface area contributed by atoms with Crippen LogP contribution in [0.2, 0.25) is 0 Å². The lowest BCUT2D eigenvalue weighted by atomic mass is 9.93. The van der Waals surface area contributed by atoms with E-state index in [-0.39, 0.29) is 0 Å². The summed E-state index contributed by atoms with van der Waals surface area (Å²) >= 11 is 0. The van der Waals surface area contributed by atoms with Crippen LogP contribution in [0.25, 0.3) is 0 Å². The Balaban J connectivity index is 2.08. The molecule has 1 saturated carbocycles. The van der Waals surface area contributed by atoms with E-state index in [0.717, 1.165) is 12.0 Å². The molecule has 1 aliphatic rings. The van der Waals surface area contributed by atoms with Gasteiger partial charge >= 0.3 is 0 Å². The summed E-state index contributed by atoms with van der Waals surface area (Å²) in [5.41, 5.74) is 4.31. The molecule has 2 rings (SSSR count). The first kappa shape index (κ1) is 11.7. The summed E-state index contributed by atoms with van der Waals surface area (Å²) in [4.78, 5) is 0. The molecule has 1 fully saturated rings. The van der Waals surface area contributed by atoms with Gasteiger partial charge in [0.2, 0.25) is 0 Å². The van der Waals surface area contributed by atoms with Gasteiger partial charge in [0.05, 0.1) is 0 Å². The molecule has 88 valence electrons. The summed E-state index contributed by atoms with van der Waals surface area (Å²) in [6.07, 6.45) is 5.37. The highest BCUT2D eigenvalue weighted by Gasteiger charge is 2.25. The van der Waals surface area contributed by atoms with Crippen LogP contribution < -0.4 is 5.32 Å². The van der Waals surface area contributed by atoms with E-state index in [1.165, 1.54) is 42.4 Å². The Morgan fingerprint density at radius 1 is 1.12 bits per heavy atom. The van der Waals surface area contributed by atoms with Gasteiger partial charge in [-0.2, -0.15) is 0 Å². The van der Waals surface area contributed by atoms with E-state index < -0.39 is 0 Å². The fraction of sp³-hybridized carbons (Fsp3) is 0.600. The first-order valence-corrected chi connectivity index (χ1v) is 6.43. The quantitative estimate of drug-likeness (QED) is 0.819. The standard InChI is InChI=1S/C15H23N/c1-11-7-12(2)9-13(8-11)10-14-5-4-6-15(14)16-3/h7-9,14-16H,4-6,10H2,1-3H3. The fourth-order valence-electron chi connectivity index (χ4n) is 3.15. The minimum atomic E-state index is 0.737. The van der Waals surface area contributed by atoms with Gasteiger partial charge in [0.1, 0.15) is 0 Å². The van der Waals surface area contributed by atoms with E-state index >= 15 is 0 Å². The second-order valence-corrected chi connectivity index (χ2v) is 5.29. The minimum Gasteiger partial charge on any atom is -0.317 e. The normalized spacial score (nSPS) is 24.9. The number of hydrogen-bond donors (Lipinski definition) is 1. The smallest absolute Gasteiger partial charge is 0.00955 e. The Morgan fingerprint density at radius 2 is 1.81 bits per heavy atom. The van der Waals surface area contributed by atoms with Crippen LogP contribution in [0, 0.1) is 19.8 Å². The van der Waals surface area contributed by atoms with Crippen LogP contribution in [0.5, 0.6) is 0 Å². The third kappa shape index (κ3) is 2.65. The molecule has 0 saturated heterocycles. The average molecular weight is 217 g/mol. The zero-order chi connectivity index (χ0) is 11.5. The number of hydrogen-bond acceptors (Lipinski definition) is 1. The molecule has 0 spiro atoms. The van der Waals surface area contributed by atoms with E-state index in [1.807, 2.05) is 0 Å². The lowest BCUT2D eigenvalue weighted by Crippen LogP contribution is -2.30. The van der Waals surface area contributed by atoms with Gasteiger partial charge in [-0.3, -0.25) is 0 Å². The number of rotatable bonds is 3. The molecule has 1 aromatic rings. The second kappa shape index (κ2) is 5.01. The maximum absolute atomic E-state index is 3.46. The van der Waals surface area contributed by atoms with Gasteiger partial charge in [-0.25, -0.2) is 0 Å². The predicted molar refractivity (Wildman–Crippen MR) is 69.8 cm³/mol. The van der Waals surface area contributed by atoms with Crippen molar-refractivity contribution in [2.75, 3.05) is 7.05 Å². The molecule has 1 nitrogen and oxygen atoms in total. The summed E-state index contributed by atoms with van der Waals surface area (Å²) in [5.74, 6) is 0.839. The minimum absolute atomic E-state index is 0.737. The molecule has 1 heteroatoms. The highest BCUT2D eigenvalue weighted by atomic mass is 14.9. The van der Waals surface area contributed by atoms with Crippen molar-refractivity contribution >= 4 is 0 Å². The van der Waals surface area contributed by atoms with Gasteiger partial charge in [0.15, 0.2) is 0 Å². The van der Waals surface area contributed by atoms with Crippen LogP contribution in [-0.2, 0) is 6.42 Å². The molecule has 1 N–H and O–H groups in total. The Bertz CT molecular complexity index is 336. The van der Waals surface area contributed by atoms with Crippen molar-refractivity contribution in [3.05, 3.63) is 34.9 Å². The highest BCUT2D eigenvalue weighted by Crippen LogP contribution is 2.29. The Hall–Kier alpha value is -0.820. The van der Waals surface area contributed by atoms with Crippen molar-refractivity contribution < 1.29 is 0 Å². The van der Waals surface area contributed by atoms with Crippen LogP contribution in [0.3, 0.4) is 0 Å². The number of nitrogens with one attached hydrogen (secondary N) is 1. The van der Waals surface area contributed by atoms with Crippen molar-refractivity contribution in [2.45, 2.75) is 45.6 Å². The van der Waals surface area contributed by atoms with Gasteiger partial charge in [-0.15, -0.1) is 0 Å². The van der Waals surface area contributed by atoms with Gasteiger partial charge < -0.3 is 5.32 Å². The van der Waals surface area contributed by atoms with Crippen LogP contribution in [0.1, 0.15) is 36.0 Å². The maximum Gasteiger partial charge on any atom is 0.00955 e. The molecule has 2 atom stereocenters. The van der Waals surface area contributed by atoms with Gasteiger partial charge in [-0.05, 0) is 51.6 Å². The summed E-state index contributed by atoms with van der Waals surface area (Å²) in [6.45, 7) is 4.39. The lowest BCUT2D eigenvalue weighted by Gasteiger charge is -2.19. The highest BCUT2D eigenvalue weighted by molar-refractivity contribution is 5.29. The first-order chi connectivity index (χ1) is 7.69. The summed E-state index contributed by atoms with van der Waals surface area (Å²) in [6, 6.07) is 7.69. The average Bonchev–Trinajstić information content (AvgIpc) is 2.63. The molecule has 16 heavy (non-hydrogen) atoms. The van der Waals surface area contributed by atoms with Crippen molar-refractivity contribution in [1.29, 1.82) is 0 Å². The largest absolute Gasteiger partial charge is 0.317 e.